The topological polar surface area (TPSA) is 169 Å². The number of methoxy groups -OCH3 is 2. The van der Waals surface area contributed by atoms with Crippen molar-refractivity contribution in [3.05, 3.63) is 12.2 Å². The summed E-state index contributed by atoms with van der Waals surface area (Å²) < 4.78 is 9.72. The van der Waals surface area contributed by atoms with Crippen molar-refractivity contribution in [3.63, 3.8) is 0 Å². The van der Waals surface area contributed by atoms with Gasteiger partial charge in [-0.25, -0.2) is 9.59 Å². The van der Waals surface area contributed by atoms with Crippen molar-refractivity contribution in [2.75, 3.05) is 14.2 Å². The maximum absolute atomic E-state index is 13.7. The summed E-state index contributed by atoms with van der Waals surface area (Å²) in [5.41, 5.74) is 0.727. The quantitative estimate of drug-likeness (QED) is 0.0816. The number of ether oxygens (including phenoxy) is 2. The molecule has 0 spiro atoms. The first-order valence-electron chi connectivity index (χ1n) is 18.4. The molecule has 4 amide bonds. The highest BCUT2D eigenvalue weighted by atomic mass is 16.5. The molecule has 0 aliphatic carbocycles. The Labute approximate surface area is 301 Å². The first kappa shape index (κ1) is 46.6. The molecular formula is C38H68N4O8. The van der Waals surface area contributed by atoms with E-state index in [-0.39, 0.29) is 35.5 Å². The predicted molar refractivity (Wildman–Crippen MR) is 196 cm³/mol. The van der Waals surface area contributed by atoms with Crippen LogP contribution in [0.5, 0.6) is 0 Å². The molecular weight excluding hydrogens is 640 g/mol. The van der Waals surface area contributed by atoms with Crippen LogP contribution in [0.2, 0.25) is 0 Å². The number of unbranched alkanes of at least 4 members (excludes halogenated alkanes) is 2. The fraction of sp³-hybridized carbons (Fsp3) is 0.789. The van der Waals surface area contributed by atoms with E-state index in [1.807, 2.05) is 41.5 Å². The average molecular weight is 709 g/mol. The number of hydrogen-bond acceptors (Lipinski definition) is 8. The average Bonchev–Trinajstić information content (AvgIpc) is 3.05. The lowest BCUT2D eigenvalue weighted by atomic mass is 9.86. The van der Waals surface area contributed by atoms with E-state index in [1.165, 1.54) is 14.2 Å². The highest BCUT2D eigenvalue weighted by Gasteiger charge is 2.34. The van der Waals surface area contributed by atoms with Crippen LogP contribution in [-0.2, 0) is 38.2 Å². The molecule has 12 nitrogen and oxygen atoms in total. The number of carbonyl (C=O) groups excluding carboxylic acids is 6. The first-order valence-corrected chi connectivity index (χ1v) is 18.4. The highest BCUT2D eigenvalue weighted by molar-refractivity contribution is 5.92. The SMILES string of the molecule is C=C(CC(CCCC)C(=O)N[C@H](C(=O)N[C@H](C(=O)OC)C(C)C)C(C)C)CC(CCCC)C(=O)N[C@H](C(=O)N[C@H](C(=O)OC)C(C)C)C(C)C. The molecule has 0 aliphatic heterocycles. The Kier molecular flexibility index (Phi) is 22.2. The zero-order chi connectivity index (χ0) is 38.7. The van der Waals surface area contributed by atoms with Crippen LogP contribution in [0.1, 0.15) is 121 Å². The molecule has 0 aromatic heterocycles. The zero-order valence-electron chi connectivity index (χ0n) is 32.9. The molecule has 0 aromatic carbocycles. The minimum Gasteiger partial charge on any atom is -0.467 e. The Hall–Kier alpha value is -3.44. The summed E-state index contributed by atoms with van der Waals surface area (Å²) in [7, 11) is 2.53. The Morgan fingerprint density at radius 2 is 0.780 bits per heavy atom. The molecule has 2 unspecified atom stereocenters. The smallest absolute Gasteiger partial charge is 0.328 e. The maximum Gasteiger partial charge on any atom is 0.328 e. The first-order chi connectivity index (χ1) is 23.4. The van der Waals surface area contributed by atoms with Crippen LogP contribution in [0.25, 0.3) is 0 Å². The lowest BCUT2D eigenvalue weighted by Gasteiger charge is -2.29. The van der Waals surface area contributed by atoms with E-state index < -0.39 is 59.8 Å². The van der Waals surface area contributed by atoms with Crippen molar-refractivity contribution in [3.8, 4) is 0 Å². The zero-order valence-corrected chi connectivity index (χ0v) is 32.9. The van der Waals surface area contributed by atoms with E-state index in [2.05, 4.69) is 27.8 Å². The molecule has 0 aliphatic rings. The minimum absolute atomic E-state index is 0.213. The third-order valence-electron chi connectivity index (χ3n) is 8.96. The second-order valence-electron chi connectivity index (χ2n) is 14.8. The van der Waals surface area contributed by atoms with Gasteiger partial charge in [0.05, 0.1) is 14.2 Å². The molecule has 0 heterocycles. The minimum atomic E-state index is -0.873. The fourth-order valence-corrected chi connectivity index (χ4v) is 5.68. The number of carbonyl (C=O) groups is 6. The predicted octanol–water partition coefficient (Wildman–Crippen LogP) is 4.84. The highest BCUT2D eigenvalue weighted by Crippen LogP contribution is 2.26. The van der Waals surface area contributed by atoms with Gasteiger partial charge < -0.3 is 30.7 Å². The third-order valence-corrected chi connectivity index (χ3v) is 8.96. The van der Waals surface area contributed by atoms with Gasteiger partial charge in [-0.15, -0.1) is 0 Å². The normalized spacial score (nSPS) is 15.0. The van der Waals surface area contributed by atoms with Crippen molar-refractivity contribution < 1.29 is 38.2 Å². The Balaban J connectivity index is 5.97. The molecule has 0 bridgehead atoms. The van der Waals surface area contributed by atoms with Crippen LogP contribution in [0.4, 0.5) is 0 Å². The number of hydrogen-bond donors (Lipinski definition) is 4. The summed E-state index contributed by atoms with van der Waals surface area (Å²) in [4.78, 5) is 78.6. The lowest BCUT2D eigenvalue weighted by Crippen LogP contribution is -2.56. The molecule has 288 valence electrons. The second-order valence-corrected chi connectivity index (χ2v) is 14.8. The molecule has 0 aromatic rings. The van der Waals surface area contributed by atoms with Crippen LogP contribution < -0.4 is 21.3 Å². The Morgan fingerprint density at radius 1 is 0.500 bits per heavy atom. The molecule has 0 fully saturated rings. The standard InChI is InChI=1S/C38H68N4O8/c1-14-16-18-27(33(43)39-29(22(3)4)35(45)41-31(24(7)8)37(47)49-12)20-26(11)21-28(19-17-15-2)34(44)40-30(23(5)6)36(46)42-32(25(9)10)38(48)50-13/h22-25,27-32H,11,14-21H2,1-10,12-13H3,(H,39,43)(H,40,44)(H,41,45)(H,42,46)/t27?,28?,29-,30-,31-,32-/m0/s1. The summed E-state index contributed by atoms with van der Waals surface area (Å²) in [5.74, 6) is -4.49. The van der Waals surface area contributed by atoms with Gasteiger partial charge in [-0.05, 0) is 49.4 Å². The monoisotopic (exact) mass is 709 g/mol. The van der Waals surface area contributed by atoms with Gasteiger partial charge in [0, 0.05) is 11.8 Å². The second kappa shape index (κ2) is 23.9. The van der Waals surface area contributed by atoms with Gasteiger partial charge in [-0.3, -0.25) is 19.2 Å². The number of rotatable bonds is 24. The van der Waals surface area contributed by atoms with Crippen molar-refractivity contribution in [2.24, 2.45) is 35.5 Å². The molecule has 4 N–H and O–H groups in total. The van der Waals surface area contributed by atoms with Gasteiger partial charge in [0.25, 0.3) is 0 Å². The van der Waals surface area contributed by atoms with Gasteiger partial charge in [0.1, 0.15) is 24.2 Å². The fourth-order valence-electron chi connectivity index (χ4n) is 5.68. The molecule has 0 saturated carbocycles. The van der Waals surface area contributed by atoms with E-state index >= 15 is 0 Å². The van der Waals surface area contributed by atoms with Crippen LogP contribution >= 0.6 is 0 Å². The van der Waals surface area contributed by atoms with E-state index in [0.717, 1.165) is 31.3 Å². The van der Waals surface area contributed by atoms with Gasteiger partial charge in [0.2, 0.25) is 23.6 Å². The summed E-state index contributed by atoms with van der Waals surface area (Å²) in [5, 5.41) is 11.4. The van der Waals surface area contributed by atoms with E-state index in [9.17, 15) is 28.8 Å². The van der Waals surface area contributed by atoms with Gasteiger partial charge >= 0.3 is 11.9 Å². The van der Waals surface area contributed by atoms with Crippen LogP contribution in [-0.4, -0.2) is 74.0 Å². The van der Waals surface area contributed by atoms with Gasteiger partial charge in [-0.2, -0.15) is 0 Å². The van der Waals surface area contributed by atoms with Crippen LogP contribution in [0, 0.1) is 35.5 Å². The van der Waals surface area contributed by atoms with E-state index in [4.69, 9.17) is 9.47 Å². The maximum atomic E-state index is 13.7. The van der Waals surface area contributed by atoms with Crippen LogP contribution in [0.3, 0.4) is 0 Å². The summed E-state index contributed by atoms with van der Waals surface area (Å²) in [6.07, 6.45) is 5.11. The van der Waals surface area contributed by atoms with Crippen molar-refractivity contribution in [2.45, 2.75) is 145 Å². The number of nitrogens with one attached hydrogen (secondary N) is 4. The number of allylic oxidation sites excluding steroid dienone is 1. The summed E-state index contributed by atoms with van der Waals surface area (Å²) in [6.45, 7) is 22.9. The molecule has 6 atom stereocenters. The Bertz CT molecular complexity index is 1040. The molecule has 0 rings (SSSR count). The Morgan fingerprint density at radius 3 is 1.02 bits per heavy atom. The van der Waals surface area contributed by atoms with Crippen molar-refractivity contribution in [1.82, 2.24) is 21.3 Å². The molecule has 12 heteroatoms. The summed E-state index contributed by atoms with van der Waals surface area (Å²) in [6, 6.07) is -3.44. The molecule has 0 saturated heterocycles. The number of esters is 2. The van der Waals surface area contributed by atoms with Gasteiger partial charge in [0.15, 0.2) is 0 Å². The molecule has 50 heavy (non-hydrogen) atoms. The lowest BCUT2D eigenvalue weighted by molar-refractivity contribution is -0.147. The third kappa shape index (κ3) is 16.1. The molecule has 0 radical (unpaired) electrons. The van der Waals surface area contributed by atoms with E-state index in [0.29, 0.717) is 25.7 Å². The van der Waals surface area contributed by atoms with Crippen molar-refractivity contribution >= 4 is 35.6 Å². The van der Waals surface area contributed by atoms with Gasteiger partial charge in [-0.1, -0.05) is 107 Å². The van der Waals surface area contributed by atoms with Crippen LogP contribution in [0.15, 0.2) is 12.2 Å². The van der Waals surface area contributed by atoms with E-state index in [1.54, 1.807) is 27.7 Å². The summed E-state index contributed by atoms with van der Waals surface area (Å²) >= 11 is 0. The van der Waals surface area contributed by atoms with Crippen molar-refractivity contribution in [1.29, 1.82) is 0 Å². The largest absolute Gasteiger partial charge is 0.467 e. The number of amides is 4.